The van der Waals surface area contributed by atoms with Gasteiger partial charge in [-0.05, 0) is 60.4 Å². The molecule has 11 heteroatoms. The number of hydrogen-bond donors (Lipinski definition) is 2. The van der Waals surface area contributed by atoms with Crippen molar-refractivity contribution in [1.29, 1.82) is 0 Å². The van der Waals surface area contributed by atoms with Gasteiger partial charge in [-0.2, -0.15) is 0 Å². The number of imide groups is 2. The number of carbonyl (C=O) groups is 3. The Morgan fingerprint density at radius 1 is 0.636 bits per heavy atom. The van der Waals surface area contributed by atoms with E-state index in [0.717, 1.165) is 38.8 Å². The van der Waals surface area contributed by atoms with Crippen molar-refractivity contribution in [2.45, 2.75) is 12.8 Å². The van der Waals surface area contributed by atoms with Crippen LogP contribution >= 0.6 is 63.7 Å². The van der Waals surface area contributed by atoms with E-state index in [1.165, 1.54) is 0 Å². The van der Waals surface area contributed by atoms with Crippen LogP contribution in [0.4, 0.5) is 4.79 Å². The Balaban J connectivity index is 2.20. The van der Waals surface area contributed by atoms with Crippen LogP contribution < -0.4 is 11.5 Å². The first-order chi connectivity index (χ1) is 15.6. The molecule has 0 bridgehead atoms. The lowest BCUT2D eigenvalue weighted by molar-refractivity contribution is -0.158. The molecule has 0 aromatic heterocycles. The van der Waals surface area contributed by atoms with Crippen LogP contribution in [-0.2, 0) is 22.4 Å². The monoisotopic (exact) mass is 706 g/mol. The highest BCUT2D eigenvalue weighted by Gasteiger charge is 2.56. The first-order valence-corrected chi connectivity index (χ1v) is 13.3. The number of halogens is 4. The van der Waals surface area contributed by atoms with Gasteiger partial charge >= 0.3 is 6.03 Å². The largest absolute Gasteiger partial charge is 0.333 e. The van der Waals surface area contributed by atoms with Gasteiger partial charge in [0.15, 0.2) is 0 Å². The highest BCUT2D eigenvalue weighted by atomic mass is 79.9. The average molecular weight is 710 g/mol. The van der Waals surface area contributed by atoms with Crippen LogP contribution in [-0.4, -0.2) is 53.8 Å². The van der Waals surface area contributed by atoms with Gasteiger partial charge in [0, 0.05) is 44.1 Å². The van der Waals surface area contributed by atoms with Gasteiger partial charge in [-0.1, -0.05) is 63.7 Å². The Morgan fingerprint density at radius 3 is 1.27 bits per heavy atom. The number of barbiturate groups is 1. The van der Waals surface area contributed by atoms with Gasteiger partial charge in [-0.15, -0.1) is 0 Å². The molecule has 0 saturated carbocycles. The minimum absolute atomic E-state index is 0.0120. The summed E-state index contributed by atoms with van der Waals surface area (Å²) in [7, 11) is 0. The summed E-state index contributed by atoms with van der Waals surface area (Å²) in [6.45, 7) is 0.197. The first kappa shape index (κ1) is 26.5. The zero-order chi connectivity index (χ0) is 24.3. The van der Waals surface area contributed by atoms with Crippen molar-refractivity contribution >= 4 is 81.6 Å². The molecule has 1 heterocycles. The number of rotatable bonds is 8. The number of benzene rings is 2. The van der Waals surface area contributed by atoms with Gasteiger partial charge in [-0.25, -0.2) is 4.79 Å². The topological polar surface area (TPSA) is 110 Å². The van der Waals surface area contributed by atoms with Crippen LogP contribution in [0.5, 0.6) is 0 Å². The van der Waals surface area contributed by atoms with E-state index in [9.17, 15) is 14.4 Å². The van der Waals surface area contributed by atoms with Crippen molar-refractivity contribution in [2.75, 3.05) is 26.2 Å². The molecule has 33 heavy (non-hydrogen) atoms. The minimum Gasteiger partial charge on any atom is -0.329 e. The summed E-state index contributed by atoms with van der Waals surface area (Å²) in [6, 6.07) is 10.5. The van der Waals surface area contributed by atoms with E-state index < -0.39 is 23.3 Å². The van der Waals surface area contributed by atoms with Crippen molar-refractivity contribution in [1.82, 2.24) is 9.80 Å². The summed E-state index contributed by atoms with van der Waals surface area (Å²) in [6.07, 6.45) is 0.199. The second-order valence-electron chi connectivity index (χ2n) is 7.76. The maximum atomic E-state index is 13.9. The summed E-state index contributed by atoms with van der Waals surface area (Å²) < 4.78 is 3.21. The SMILES string of the molecule is NCCN1C(=O)N(CCN)C(=O)C(Cc2cc(Br)cc(Br)c2)(Cc2cc(Br)cc(Br)c2)C1=O. The van der Waals surface area contributed by atoms with Crippen LogP contribution in [0, 0.1) is 5.41 Å². The van der Waals surface area contributed by atoms with Crippen molar-refractivity contribution in [3.05, 3.63) is 65.4 Å². The third-order valence-electron chi connectivity index (χ3n) is 5.33. The van der Waals surface area contributed by atoms with Gasteiger partial charge in [0.25, 0.3) is 0 Å². The van der Waals surface area contributed by atoms with Crippen LogP contribution in [0.2, 0.25) is 0 Å². The fraction of sp³-hybridized carbons (Fsp3) is 0.318. The first-order valence-electron chi connectivity index (χ1n) is 10.1. The Kier molecular flexibility index (Phi) is 8.90. The number of amides is 4. The third kappa shape index (κ3) is 5.76. The molecule has 7 nitrogen and oxygen atoms in total. The molecule has 1 aliphatic heterocycles. The quantitative estimate of drug-likeness (QED) is 0.400. The number of urea groups is 1. The Morgan fingerprint density at radius 2 is 0.970 bits per heavy atom. The maximum absolute atomic E-state index is 13.9. The molecule has 2 aromatic carbocycles. The standard InChI is InChI=1S/C22H22Br4N4O3/c23-15-5-13(6-16(24)9-15)11-22(12-14-7-17(25)10-18(26)8-14)19(31)29(3-1-27)21(33)30(4-2-28)20(22)32/h5-10H,1-4,11-12,27-28H2. The smallest absolute Gasteiger partial charge is 0.329 e. The summed E-state index contributed by atoms with van der Waals surface area (Å²) >= 11 is 13.9. The van der Waals surface area contributed by atoms with E-state index in [1.54, 1.807) is 0 Å². The molecule has 176 valence electrons. The highest BCUT2D eigenvalue weighted by molar-refractivity contribution is 9.11. The lowest BCUT2D eigenvalue weighted by Crippen LogP contribution is -2.67. The molecule has 2 aromatic rings. The van der Waals surface area contributed by atoms with Gasteiger partial charge in [-0.3, -0.25) is 19.4 Å². The van der Waals surface area contributed by atoms with Gasteiger partial charge in [0.05, 0.1) is 0 Å². The summed E-state index contributed by atoms with van der Waals surface area (Å²) in [5.74, 6) is -1.10. The lowest BCUT2D eigenvalue weighted by Gasteiger charge is -2.44. The minimum atomic E-state index is -1.54. The highest BCUT2D eigenvalue weighted by Crippen LogP contribution is 2.38. The van der Waals surface area contributed by atoms with Crippen LogP contribution in [0.3, 0.4) is 0 Å². The zero-order valence-electron chi connectivity index (χ0n) is 17.5. The van der Waals surface area contributed by atoms with Gasteiger partial charge < -0.3 is 11.5 Å². The summed E-state index contributed by atoms with van der Waals surface area (Å²) in [5.41, 5.74) is 11.4. The Labute approximate surface area is 225 Å². The second kappa shape index (κ2) is 11.1. The van der Waals surface area contributed by atoms with Gasteiger partial charge in [0.1, 0.15) is 5.41 Å². The fourth-order valence-electron chi connectivity index (χ4n) is 4.07. The molecule has 0 radical (unpaired) electrons. The number of nitrogens with two attached hydrogens (primary N) is 2. The predicted octanol–water partition coefficient (Wildman–Crippen LogP) is 4.22. The van der Waals surface area contributed by atoms with E-state index in [-0.39, 0.29) is 39.0 Å². The van der Waals surface area contributed by atoms with Crippen molar-refractivity contribution in [3.63, 3.8) is 0 Å². The molecule has 0 atom stereocenters. The molecular formula is C22H22Br4N4O3. The molecule has 0 spiro atoms. The molecule has 0 aliphatic carbocycles. The molecule has 1 aliphatic rings. The summed E-state index contributed by atoms with van der Waals surface area (Å²) in [4.78, 5) is 42.9. The van der Waals surface area contributed by atoms with Crippen LogP contribution in [0.15, 0.2) is 54.3 Å². The van der Waals surface area contributed by atoms with Crippen LogP contribution in [0.25, 0.3) is 0 Å². The Hall–Kier alpha value is -1.11. The molecule has 0 unspecified atom stereocenters. The average Bonchev–Trinajstić information content (AvgIpc) is 2.71. The lowest BCUT2D eigenvalue weighted by atomic mass is 9.73. The van der Waals surface area contributed by atoms with Crippen molar-refractivity contribution in [2.24, 2.45) is 16.9 Å². The Bertz CT molecular complexity index is 971. The molecule has 1 saturated heterocycles. The van der Waals surface area contributed by atoms with E-state index in [0.29, 0.717) is 0 Å². The molecule has 4 N–H and O–H groups in total. The normalized spacial score (nSPS) is 16.0. The molecule has 1 fully saturated rings. The molecule has 3 rings (SSSR count). The second-order valence-corrected chi connectivity index (χ2v) is 11.4. The number of hydrogen-bond acceptors (Lipinski definition) is 5. The van der Waals surface area contributed by atoms with E-state index in [1.807, 2.05) is 36.4 Å². The van der Waals surface area contributed by atoms with Gasteiger partial charge in [0.2, 0.25) is 11.8 Å². The van der Waals surface area contributed by atoms with E-state index in [2.05, 4.69) is 63.7 Å². The van der Waals surface area contributed by atoms with Crippen molar-refractivity contribution < 1.29 is 14.4 Å². The fourth-order valence-corrected chi connectivity index (χ4v) is 6.85. The molecular weight excluding hydrogens is 688 g/mol. The molecule has 4 amide bonds. The van der Waals surface area contributed by atoms with Crippen molar-refractivity contribution in [3.8, 4) is 0 Å². The zero-order valence-corrected chi connectivity index (χ0v) is 23.8. The maximum Gasteiger partial charge on any atom is 0.333 e. The number of carbonyl (C=O) groups excluding carboxylic acids is 3. The number of nitrogens with zero attached hydrogens (tertiary/aromatic N) is 2. The van der Waals surface area contributed by atoms with Crippen LogP contribution in [0.1, 0.15) is 11.1 Å². The predicted molar refractivity (Wildman–Crippen MR) is 140 cm³/mol. The third-order valence-corrected chi connectivity index (χ3v) is 7.16. The van der Waals surface area contributed by atoms with E-state index >= 15 is 0 Å². The summed E-state index contributed by atoms with van der Waals surface area (Å²) in [5, 5.41) is 0. The van der Waals surface area contributed by atoms with E-state index in [4.69, 9.17) is 11.5 Å².